The summed E-state index contributed by atoms with van der Waals surface area (Å²) in [6.07, 6.45) is 1.38. The molecule has 1 fully saturated rings. The molecule has 1 aliphatic rings. The molecule has 7 nitrogen and oxygen atoms in total. The average Bonchev–Trinajstić information content (AvgIpc) is 2.65. The van der Waals surface area contributed by atoms with Crippen molar-refractivity contribution in [3.63, 3.8) is 0 Å². The summed E-state index contributed by atoms with van der Waals surface area (Å²) in [6.45, 7) is 0. The Bertz CT molecular complexity index is 970. The number of para-hydroxylation sites is 2. The van der Waals surface area contributed by atoms with E-state index in [9.17, 15) is 14.7 Å². The monoisotopic (exact) mass is 384 g/mol. The van der Waals surface area contributed by atoms with Crippen LogP contribution in [0.5, 0.6) is 17.2 Å². The van der Waals surface area contributed by atoms with Crippen molar-refractivity contribution in [1.29, 1.82) is 0 Å². The van der Waals surface area contributed by atoms with E-state index in [1.807, 2.05) is 0 Å². The Balaban J connectivity index is 2.03. The Hall–Kier alpha value is -3.39. The van der Waals surface area contributed by atoms with E-state index in [2.05, 4.69) is 5.32 Å². The standard InChI is InChI=1S/C19H16N2O5S/c1-25-15-6-4-3-5-13(15)21-18(24)12(17(23)20-19(21)27)9-11-7-8-16(26-2)14(22)10-11/h3-10,22H,1-2H3,(H,20,23,27)/b12-9+. The van der Waals surface area contributed by atoms with Gasteiger partial charge >= 0.3 is 0 Å². The molecular formula is C19H16N2O5S. The SMILES string of the molecule is COc1ccc(/C=C2\C(=O)NC(=S)N(c3ccccc3OC)C2=O)cc1O. The predicted molar refractivity (Wildman–Crippen MR) is 104 cm³/mol. The summed E-state index contributed by atoms with van der Waals surface area (Å²) >= 11 is 5.18. The van der Waals surface area contributed by atoms with E-state index in [4.69, 9.17) is 21.7 Å². The fourth-order valence-corrected chi connectivity index (χ4v) is 2.93. The molecule has 1 aliphatic heterocycles. The molecule has 1 heterocycles. The summed E-state index contributed by atoms with van der Waals surface area (Å²) in [5.74, 6) is -0.596. The van der Waals surface area contributed by atoms with E-state index in [0.717, 1.165) is 0 Å². The van der Waals surface area contributed by atoms with Gasteiger partial charge in [-0.1, -0.05) is 18.2 Å². The maximum absolute atomic E-state index is 13.0. The van der Waals surface area contributed by atoms with Gasteiger partial charge in [-0.15, -0.1) is 0 Å². The molecule has 3 rings (SSSR count). The molecule has 2 aromatic rings. The van der Waals surface area contributed by atoms with Crippen LogP contribution in [-0.4, -0.2) is 36.3 Å². The zero-order chi connectivity index (χ0) is 19.6. The second-order valence-corrected chi connectivity index (χ2v) is 5.95. The van der Waals surface area contributed by atoms with Crippen LogP contribution in [0.2, 0.25) is 0 Å². The van der Waals surface area contributed by atoms with Crippen LogP contribution in [0.1, 0.15) is 5.56 Å². The van der Waals surface area contributed by atoms with Gasteiger partial charge in [0.25, 0.3) is 11.8 Å². The highest BCUT2D eigenvalue weighted by Gasteiger charge is 2.35. The minimum Gasteiger partial charge on any atom is -0.504 e. The Kier molecular flexibility index (Phi) is 5.09. The van der Waals surface area contributed by atoms with E-state index in [0.29, 0.717) is 17.0 Å². The number of hydrogen-bond acceptors (Lipinski definition) is 6. The molecule has 138 valence electrons. The summed E-state index contributed by atoms with van der Waals surface area (Å²) < 4.78 is 10.3. The fraction of sp³-hybridized carbons (Fsp3) is 0.105. The number of benzene rings is 2. The number of hydrogen-bond donors (Lipinski definition) is 2. The van der Waals surface area contributed by atoms with Gasteiger partial charge in [0.15, 0.2) is 16.6 Å². The van der Waals surface area contributed by atoms with E-state index in [-0.39, 0.29) is 22.2 Å². The summed E-state index contributed by atoms with van der Waals surface area (Å²) in [5, 5.41) is 12.4. The van der Waals surface area contributed by atoms with Crippen LogP contribution in [0.4, 0.5) is 5.69 Å². The summed E-state index contributed by atoms with van der Waals surface area (Å²) in [5.41, 5.74) is 0.747. The van der Waals surface area contributed by atoms with Gasteiger partial charge < -0.3 is 14.6 Å². The molecule has 1 saturated heterocycles. The maximum atomic E-state index is 13.0. The van der Waals surface area contributed by atoms with Crippen molar-refractivity contribution in [3.8, 4) is 17.2 Å². The van der Waals surface area contributed by atoms with Crippen LogP contribution in [0.15, 0.2) is 48.0 Å². The third-order valence-corrected chi connectivity index (χ3v) is 4.23. The maximum Gasteiger partial charge on any atom is 0.270 e. The molecule has 27 heavy (non-hydrogen) atoms. The van der Waals surface area contributed by atoms with Crippen molar-refractivity contribution in [2.24, 2.45) is 0 Å². The number of ether oxygens (including phenoxy) is 2. The highest BCUT2D eigenvalue weighted by Crippen LogP contribution is 2.31. The van der Waals surface area contributed by atoms with Gasteiger partial charge in [-0.2, -0.15) is 0 Å². The number of methoxy groups -OCH3 is 2. The molecule has 0 unspecified atom stereocenters. The Morgan fingerprint density at radius 3 is 2.44 bits per heavy atom. The highest BCUT2D eigenvalue weighted by atomic mass is 32.1. The molecular weight excluding hydrogens is 368 g/mol. The van der Waals surface area contributed by atoms with Crippen molar-refractivity contribution < 1.29 is 24.2 Å². The smallest absolute Gasteiger partial charge is 0.270 e. The van der Waals surface area contributed by atoms with Crippen molar-refractivity contribution in [2.75, 3.05) is 19.1 Å². The highest BCUT2D eigenvalue weighted by molar-refractivity contribution is 7.80. The zero-order valence-corrected chi connectivity index (χ0v) is 15.4. The van der Waals surface area contributed by atoms with Crippen LogP contribution >= 0.6 is 12.2 Å². The van der Waals surface area contributed by atoms with E-state index in [1.165, 1.54) is 37.3 Å². The predicted octanol–water partition coefficient (Wildman–Crippen LogP) is 2.24. The lowest BCUT2D eigenvalue weighted by molar-refractivity contribution is -0.122. The van der Waals surface area contributed by atoms with Gasteiger partial charge in [-0.25, -0.2) is 4.90 Å². The first-order chi connectivity index (χ1) is 13.0. The van der Waals surface area contributed by atoms with Gasteiger partial charge in [-0.3, -0.25) is 14.9 Å². The summed E-state index contributed by atoms with van der Waals surface area (Å²) in [6, 6.07) is 11.4. The van der Waals surface area contributed by atoms with Gasteiger partial charge in [0.05, 0.1) is 19.9 Å². The average molecular weight is 384 g/mol. The Morgan fingerprint density at radius 1 is 1.07 bits per heavy atom. The molecule has 2 amide bonds. The molecule has 0 radical (unpaired) electrons. The lowest BCUT2D eigenvalue weighted by Crippen LogP contribution is -2.54. The lowest BCUT2D eigenvalue weighted by Gasteiger charge is -2.29. The molecule has 0 aromatic heterocycles. The molecule has 0 bridgehead atoms. The number of rotatable bonds is 4. The van der Waals surface area contributed by atoms with Gasteiger partial charge in [0, 0.05) is 0 Å². The topological polar surface area (TPSA) is 88.1 Å². The van der Waals surface area contributed by atoms with Crippen LogP contribution in [0, 0.1) is 0 Å². The first kappa shape index (κ1) is 18.4. The van der Waals surface area contributed by atoms with Crippen LogP contribution in [0.3, 0.4) is 0 Å². The molecule has 0 spiro atoms. The third kappa shape index (κ3) is 3.47. The minimum absolute atomic E-state index is 0.0378. The van der Waals surface area contributed by atoms with Gasteiger partial charge in [0.2, 0.25) is 0 Å². The lowest BCUT2D eigenvalue weighted by atomic mass is 10.1. The molecule has 2 aromatic carbocycles. The molecule has 0 saturated carbocycles. The number of nitrogens with zero attached hydrogens (tertiary/aromatic N) is 1. The second kappa shape index (κ2) is 7.46. The summed E-state index contributed by atoms with van der Waals surface area (Å²) in [7, 11) is 2.91. The number of phenols is 1. The number of carbonyl (C=O) groups excluding carboxylic acids is 2. The second-order valence-electron chi connectivity index (χ2n) is 5.56. The number of nitrogens with one attached hydrogen (secondary N) is 1. The minimum atomic E-state index is -0.619. The number of phenolic OH excluding ortho intramolecular Hbond substituents is 1. The number of carbonyl (C=O) groups is 2. The molecule has 8 heteroatoms. The third-order valence-electron chi connectivity index (χ3n) is 3.94. The van der Waals surface area contributed by atoms with Gasteiger partial charge in [-0.05, 0) is 48.1 Å². The summed E-state index contributed by atoms with van der Waals surface area (Å²) in [4.78, 5) is 26.5. The first-order valence-electron chi connectivity index (χ1n) is 7.87. The van der Waals surface area contributed by atoms with Crippen LogP contribution < -0.4 is 19.7 Å². The van der Waals surface area contributed by atoms with E-state index >= 15 is 0 Å². The van der Waals surface area contributed by atoms with Crippen molar-refractivity contribution in [3.05, 3.63) is 53.6 Å². The first-order valence-corrected chi connectivity index (χ1v) is 8.28. The van der Waals surface area contributed by atoms with Crippen LogP contribution in [0.25, 0.3) is 6.08 Å². The molecule has 0 aliphatic carbocycles. The van der Waals surface area contributed by atoms with Crippen molar-refractivity contribution in [1.82, 2.24) is 5.32 Å². The van der Waals surface area contributed by atoms with E-state index in [1.54, 1.807) is 30.3 Å². The largest absolute Gasteiger partial charge is 0.504 e. The fourth-order valence-electron chi connectivity index (χ4n) is 2.65. The zero-order valence-electron chi connectivity index (χ0n) is 14.6. The number of aromatic hydroxyl groups is 1. The van der Waals surface area contributed by atoms with E-state index < -0.39 is 11.8 Å². The van der Waals surface area contributed by atoms with Crippen molar-refractivity contribution in [2.45, 2.75) is 0 Å². The number of thiocarbonyl (C=S) groups is 1. The Morgan fingerprint density at radius 2 is 1.78 bits per heavy atom. The Labute approximate surface area is 160 Å². The van der Waals surface area contributed by atoms with Crippen LogP contribution in [-0.2, 0) is 9.59 Å². The number of amides is 2. The number of anilines is 1. The normalized spacial score (nSPS) is 15.7. The van der Waals surface area contributed by atoms with Gasteiger partial charge in [0.1, 0.15) is 11.3 Å². The quantitative estimate of drug-likeness (QED) is 0.478. The molecule has 0 atom stereocenters. The van der Waals surface area contributed by atoms with Crippen molar-refractivity contribution >= 4 is 40.9 Å². The molecule has 2 N–H and O–H groups in total.